The molecule has 528 valence electrons. The number of aliphatic hydroxyl groups excluding tert-OH is 1. The molecule has 0 aromatic heterocycles. The number of phosphoric acid groups is 2. The Morgan fingerprint density at radius 3 is 0.764 bits per heavy atom. The number of ether oxygens (including phenoxy) is 4. The van der Waals surface area contributed by atoms with Gasteiger partial charge < -0.3 is 33.8 Å². The molecule has 0 saturated heterocycles. The van der Waals surface area contributed by atoms with Crippen molar-refractivity contribution in [2.75, 3.05) is 39.6 Å². The smallest absolute Gasteiger partial charge is 0.462 e. The number of hydrogen-bond donors (Lipinski definition) is 3. The number of aliphatic hydroxyl groups is 1. The number of phosphoric ester groups is 2. The first-order valence-corrected chi connectivity index (χ1v) is 39.6. The normalized spacial score (nSPS) is 14.1. The molecule has 3 N–H and O–H groups in total. The molecule has 0 bridgehead atoms. The highest BCUT2D eigenvalue weighted by Gasteiger charge is 2.30. The molecule has 0 heterocycles. The van der Waals surface area contributed by atoms with Crippen LogP contribution in [0.2, 0.25) is 0 Å². The van der Waals surface area contributed by atoms with E-state index in [1.165, 1.54) is 180 Å². The zero-order valence-electron chi connectivity index (χ0n) is 57.6. The maximum absolute atomic E-state index is 13.0. The molecule has 0 rings (SSSR count). The summed E-state index contributed by atoms with van der Waals surface area (Å²) in [5, 5.41) is 10.6. The second-order valence-corrected chi connectivity index (χ2v) is 28.7. The van der Waals surface area contributed by atoms with Gasteiger partial charge in [-0.1, -0.05) is 311 Å². The van der Waals surface area contributed by atoms with Crippen LogP contribution in [0.4, 0.5) is 0 Å². The van der Waals surface area contributed by atoms with Crippen molar-refractivity contribution in [3.8, 4) is 0 Å². The molecule has 0 saturated carbocycles. The minimum absolute atomic E-state index is 0.107. The molecule has 89 heavy (non-hydrogen) atoms. The molecule has 19 heteroatoms. The average molecular weight is 1310 g/mol. The Balaban J connectivity index is 5.25. The lowest BCUT2D eigenvalue weighted by Crippen LogP contribution is -2.30. The van der Waals surface area contributed by atoms with Crippen LogP contribution in [0, 0.1) is 5.92 Å². The van der Waals surface area contributed by atoms with Crippen LogP contribution >= 0.6 is 15.6 Å². The van der Waals surface area contributed by atoms with Gasteiger partial charge >= 0.3 is 39.5 Å². The standard InChI is InChI=1S/C70H136O17P2/c1-6-9-12-15-18-21-24-27-29-32-35-40-46-51-56-70(75)86-65(59-80-67(72)53-48-43-38-33-31-28-25-22-19-16-13-10-7-2)61-84-88(76,77)82-57-64(71)58-83-89(78,79)85-62-66(60-81-68(73)54-49-44-41-36-37-42-47-52-63(4)5)87-69(74)55-50-45-39-34-30-26-23-20-17-14-11-8-3/h63-66,71H,6-62H2,1-5H3,(H,76,77)(H,78,79)/t64-,65-,66-/m1/s1. The van der Waals surface area contributed by atoms with Gasteiger partial charge in [-0.3, -0.25) is 37.3 Å². The predicted molar refractivity (Wildman–Crippen MR) is 358 cm³/mol. The van der Waals surface area contributed by atoms with Gasteiger partial charge in [0.05, 0.1) is 26.4 Å². The maximum atomic E-state index is 13.0. The third-order valence-electron chi connectivity index (χ3n) is 16.3. The van der Waals surface area contributed by atoms with Gasteiger partial charge in [0, 0.05) is 25.7 Å². The Morgan fingerprint density at radius 1 is 0.303 bits per heavy atom. The Kier molecular flexibility index (Phi) is 62.1. The van der Waals surface area contributed by atoms with E-state index in [9.17, 15) is 43.2 Å². The van der Waals surface area contributed by atoms with Crippen LogP contribution in [0.3, 0.4) is 0 Å². The molecule has 0 aromatic carbocycles. The van der Waals surface area contributed by atoms with Crippen LogP contribution < -0.4 is 0 Å². The Morgan fingerprint density at radius 2 is 0.517 bits per heavy atom. The number of hydrogen-bond acceptors (Lipinski definition) is 15. The lowest BCUT2D eigenvalue weighted by molar-refractivity contribution is -0.161. The Labute approximate surface area is 543 Å². The molecule has 0 radical (unpaired) electrons. The molecule has 0 fully saturated rings. The zero-order valence-corrected chi connectivity index (χ0v) is 59.4. The third-order valence-corrected chi connectivity index (χ3v) is 18.2. The fourth-order valence-electron chi connectivity index (χ4n) is 10.6. The van der Waals surface area contributed by atoms with Gasteiger partial charge in [0.15, 0.2) is 12.2 Å². The molecule has 0 aromatic rings. The van der Waals surface area contributed by atoms with Crippen molar-refractivity contribution in [3.05, 3.63) is 0 Å². The highest BCUT2D eigenvalue weighted by Crippen LogP contribution is 2.45. The van der Waals surface area contributed by atoms with E-state index in [1.54, 1.807) is 0 Å². The number of carbonyl (C=O) groups excluding carboxylic acids is 4. The van der Waals surface area contributed by atoms with Gasteiger partial charge in [-0.05, 0) is 31.6 Å². The van der Waals surface area contributed by atoms with Crippen molar-refractivity contribution >= 4 is 39.5 Å². The number of rotatable bonds is 70. The predicted octanol–water partition coefficient (Wildman–Crippen LogP) is 20.1. The van der Waals surface area contributed by atoms with E-state index in [1.807, 2.05) is 0 Å². The minimum atomic E-state index is -4.95. The topological polar surface area (TPSA) is 237 Å². The molecule has 0 aliphatic heterocycles. The van der Waals surface area contributed by atoms with Crippen molar-refractivity contribution in [2.45, 2.75) is 380 Å². The third kappa shape index (κ3) is 64.6. The van der Waals surface area contributed by atoms with Crippen LogP contribution in [0.1, 0.15) is 362 Å². The fraction of sp³-hybridized carbons (Fsp3) is 0.943. The van der Waals surface area contributed by atoms with Crippen LogP contribution in [-0.2, 0) is 65.4 Å². The molecule has 0 spiro atoms. The van der Waals surface area contributed by atoms with E-state index in [-0.39, 0.29) is 25.7 Å². The van der Waals surface area contributed by atoms with Crippen LogP contribution in [0.25, 0.3) is 0 Å². The Hall–Kier alpha value is -1.94. The van der Waals surface area contributed by atoms with E-state index >= 15 is 0 Å². The Bertz CT molecular complexity index is 1720. The van der Waals surface area contributed by atoms with Gasteiger partial charge in [-0.15, -0.1) is 0 Å². The largest absolute Gasteiger partial charge is 0.472 e. The first-order chi connectivity index (χ1) is 43.0. The van der Waals surface area contributed by atoms with E-state index in [2.05, 4.69) is 34.6 Å². The van der Waals surface area contributed by atoms with Crippen molar-refractivity contribution in [1.82, 2.24) is 0 Å². The highest BCUT2D eigenvalue weighted by molar-refractivity contribution is 7.47. The van der Waals surface area contributed by atoms with E-state index in [0.717, 1.165) is 96.3 Å². The molecule has 0 aliphatic rings. The molecular formula is C70H136O17P2. The van der Waals surface area contributed by atoms with Gasteiger partial charge in [0.25, 0.3) is 0 Å². The van der Waals surface area contributed by atoms with Gasteiger partial charge in [-0.2, -0.15) is 0 Å². The summed E-state index contributed by atoms with van der Waals surface area (Å²) in [5.41, 5.74) is 0. The summed E-state index contributed by atoms with van der Waals surface area (Å²) in [7, 11) is -9.90. The van der Waals surface area contributed by atoms with Crippen LogP contribution in [0.15, 0.2) is 0 Å². The first-order valence-electron chi connectivity index (χ1n) is 36.6. The van der Waals surface area contributed by atoms with Crippen LogP contribution in [-0.4, -0.2) is 96.7 Å². The van der Waals surface area contributed by atoms with E-state index < -0.39 is 97.5 Å². The quantitative estimate of drug-likeness (QED) is 0.0222. The van der Waals surface area contributed by atoms with Crippen molar-refractivity contribution in [2.24, 2.45) is 5.92 Å². The maximum Gasteiger partial charge on any atom is 0.472 e. The zero-order chi connectivity index (χ0) is 65.6. The minimum Gasteiger partial charge on any atom is -0.462 e. The number of unbranched alkanes of at least 4 members (excludes halogenated alkanes) is 42. The first kappa shape index (κ1) is 87.1. The van der Waals surface area contributed by atoms with E-state index in [4.69, 9.17) is 37.0 Å². The summed E-state index contributed by atoms with van der Waals surface area (Å²) in [6.45, 7) is 7.20. The van der Waals surface area contributed by atoms with Crippen molar-refractivity contribution in [1.29, 1.82) is 0 Å². The second kappa shape index (κ2) is 63.5. The monoisotopic (exact) mass is 1310 g/mol. The van der Waals surface area contributed by atoms with Gasteiger partial charge in [0.1, 0.15) is 19.3 Å². The van der Waals surface area contributed by atoms with Crippen LogP contribution in [0.5, 0.6) is 0 Å². The van der Waals surface area contributed by atoms with Gasteiger partial charge in [-0.25, -0.2) is 9.13 Å². The fourth-order valence-corrected chi connectivity index (χ4v) is 12.2. The molecule has 17 nitrogen and oxygen atoms in total. The highest BCUT2D eigenvalue weighted by atomic mass is 31.2. The summed E-state index contributed by atoms with van der Waals surface area (Å²) < 4.78 is 68.3. The molecule has 0 aliphatic carbocycles. The summed E-state index contributed by atoms with van der Waals surface area (Å²) in [6, 6.07) is 0. The molecule has 0 amide bonds. The second-order valence-electron chi connectivity index (χ2n) is 25.7. The molecule has 5 atom stereocenters. The summed E-state index contributed by atoms with van der Waals surface area (Å²) in [4.78, 5) is 72.5. The lowest BCUT2D eigenvalue weighted by Gasteiger charge is -2.21. The SMILES string of the molecule is CCCCCCCCCCCCCCCCC(=O)O[C@H](COC(=O)CCCCCCCCCCCCCCC)COP(=O)(O)OC[C@@H](O)COP(=O)(O)OC[C@@H](COC(=O)CCCCCCCCCC(C)C)OC(=O)CCCCCCCCCCCCCC. The number of esters is 4. The number of carbonyl (C=O) groups is 4. The summed E-state index contributed by atoms with van der Waals surface area (Å²) in [6.07, 6.45) is 49.8. The average Bonchev–Trinajstić information content (AvgIpc) is 3.66. The van der Waals surface area contributed by atoms with E-state index in [0.29, 0.717) is 31.6 Å². The van der Waals surface area contributed by atoms with Crippen molar-refractivity contribution < 1.29 is 80.2 Å². The summed E-state index contributed by atoms with van der Waals surface area (Å²) >= 11 is 0. The lowest BCUT2D eigenvalue weighted by atomic mass is 10.0. The molecular weight excluding hydrogens is 1170 g/mol. The summed E-state index contributed by atoms with van der Waals surface area (Å²) in [5.74, 6) is -1.41. The van der Waals surface area contributed by atoms with Crippen molar-refractivity contribution in [3.63, 3.8) is 0 Å². The molecule has 2 unspecified atom stereocenters. The van der Waals surface area contributed by atoms with Gasteiger partial charge in [0.2, 0.25) is 0 Å².